The van der Waals surface area contributed by atoms with Crippen molar-refractivity contribution >= 4 is 17.7 Å². The molecule has 1 amide bonds. The minimum Gasteiger partial charge on any atom is -0.368 e. The number of carbonyl (C=O) groups excluding carboxylic acids is 1. The summed E-state index contributed by atoms with van der Waals surface area (Å²) in [7, 11) is 0. The van der Waals surface area contributed by atoms with Gasteiger partial charge in [-0.05, 0) is 45.0 Å². The molecule has 0 atom stereocenters. The van der Waals surface area contributed by atoms with Crippen molar-refractivity contribution in [3.8, 4) is 0 Å². The molecule has 2 aliphatic rings. The van der Waals surface area contributed by atoms with Crippen molar-refractivity contribution in [3.63, 3.8) is 0 Å². The molecular formula is C14H26N2O2S. The number of ether oxygens (including phenoxy) is 1. The Morgan fingerprint density at radius 3 is 2.68 bits per heavy atom. The van der Waals surface area contributed by atoms with Crippen molar-refractivity contribution in [2.75, 3.05) is 32.5 Å². The molecule has 1 aliphatic carbocycles. The van der Waals surface area contributed by atoms with Crippen molar-refractivity contribution < 1.29 is 9.53 Å². The average molecular weight is 286 g/mol. The molecule has 19 heavy (non-hydrogen) atoms. The van der Waals surface area contributed by atoms with Gasteiger partial charge < -0.3 is 15.4 Å². The lowest BCUT2D eigenvalue weighted by Crippen LogP contribution is -2.41. The van der Waals surface area contributed by atoms with Gasteiger partial charge in [0.15, 0.2) is 0 Å². The van der Waals surface area contributed by atoms with Gasteiger partial charge in [-0.25, -0.2) is 0 Å². The van der Waals surface area contributed by atoms with Crippen LogP contribution in [0.25, 0.3) is 0 Å². The third-order valence-electron chi connectivity index (χ3n) is 4.29. The summed E-state index contributed by atoms with van der Waals surface area (Å²) in [6, 6.07) is 0. The monoisotopic (exact) mass is 286 g/mol. The van der Waals surface area contributed by atoms with E-state index >= 15 is 0 Å². The highest BCUT2D eigenvalue weighted by Crippen LogP contribution is 2.39. The van der Waals surface area contributed by atoms with Crippen molar-refractivity contribution in [3.05, 3.63) is 0 Å². The molecule has 110 valence electrons. The number of rotatable bonds is 6. The van der Waals surface area contributed by atoms with Gasteiger partial charge in [-0.1, -0.05) is 12.8 Å². The zero-order valence-corrected chi connectivity index (χ0v) is 12.7. The van der Waals surface area contributed by atoms with Crippen LogP contribution < -0.4 is 10.6 Å². The quantitative estimate of drug-likeness (QED) is 0.778. The van der Waals surface area contributed by atoms with Crippen LogP contribution in [-0.2, 0) is 9.53 Å². The molecule has 1 aliphatic heterocycles. The van der Waals surface area contributed by atoms with E-state index in [1.807, 2.05) is 11.8 Å². The zero-order chi connectivity index (χ0) is 13.6. The van der Waals surface area contributed by atoms with Crippen molar-refractivity contribution in [1.29, 1.82) is 0 Å². The molecule has 0 radical (unpaired) electrons. The normalized spacial score (nSPS) is 23.4. The molecule has 0 unspecified atom stereocenters. The maximum atomic E-state index is 11.8. The first-order valence-corrected chi connectivity index (χ1v) is 8.61. The molecular weight excluding hydrogens is 260 g/mol. The summed E-state index contributed by atoms with van der Waals surface area (Å²) in [5.74, 6) is 0.0406. The Balaban J connectivity index is 1.63. The number of nitrogens with one attached hydrogen (secondary N) is 2. The topological polar surface area (TPSA) is 50.4 Å². The van der Waals surface area contributed by atoms with Gasteiger partial charge >= 0.3 is 0 Å². The Kier molecular flexibility index (Phi) is 5.98. The molecule has 0 spiro atoms. The highest BCUT2D eigenvalue weighted by atomic mass is 32.2. The van der Waals surface area contributed by atoms with Crippen LogP contribution in [-0.4, -0.2) is 49.3 Å². The Bertz CT molecular complexity index is 287. The van der Waals surface area contributed by atoms with Gasteiger partial charge in [-0.2, -0.15) is 11.8 Å². The largest absolute Gasteiger partial charge is 0.368 e. The van der Waals surface area contributed by atoms with Crippen molar-refractivity contribution in [1.82, 2.24) is 10.6 Å². The number of carbonyl (C=O) groups is 1. The van der Waals surface area contributed by atoms with Gasteiger partial charge in [0, 0.05) is 11.3 Å². The zero-order valence-electron chi connectivity index (χ0n) is 11.9. The van der Waals surface area contributed by atoms with Crippen LogP contribution in [0.5, 0.6) is 0 Å². The molecule has 0 aromatic carbocycles. The van der Waals surface area contributed by atoms with E-state index in [1.54, 1.807) is 0 Å². The van der Waals surface area contributed by atoms with Crippen LogP contribution >= 0.6 is 11.8 Å². The van der Waals surface area contributed by atoms with Crippen LogP contribution in [0.4, 0.5) is 0 Å². The Morgan fingerprint density at radius 2 is 2.05 bits per heavy atom. The van der Waals surface area contributed by atoms with Gasteiger partial charge in [-0.3, -0.25) is 4.79 Å². The smallest absolute Gasteiger partial charge is 0.246 e. The number of piperidine rings is 1. The highest BCUT2D eigenvalue weighted by Gasteiger charge is 2.33. The maximum Gasteiger partial charge on any atom is 0.246 e. The molecule has 4 nitrogen and oxygen atoms in total. The fourth-order valence-corrected chi connectivity index (χ4v) is 3.85. The van der Waals surface area contributed by atoms with Gasteiger partial charge in [0.2, 0.25) is 5.91 Å². The molecule has 1 heterocycles. The van der Waals surface area contributed by atoms with Gasteiger partial charge in [0.05, 0.1) is 6.10 Å². The van der Waals surface area contributed by atoms with E-state index in [4.69, 9.17) is 4.74 Å². The lowest BCUT2D eigenvalue weighted by atomic mass is 10.1. The number of amides is 1. The fourth-order valence-electron chi connectivity index (χ4n) is 2.94. The van der Waals surface area contributed by atoms with Crippen LogP contribution in [0.1, 0.15) is 38.5 Å². The first-order chi connectivity index (χ1) is 9.24. The molecule has 1 saturated carbocycles. The predicted molar refractivity (Wildman–Crippen MR) is 79.6 cm³/mol. The molecule has 2 fully saturated rings. The average Bonchev–Trinajstić information content (AvgIpc) is 2.93. The van der Waals surface area contributed by atoms with E-state index < -0.39 is 0 Å². The van der Waals surface area contributed by atoms with Crippen LogP contribution in [0.15, 0.2) is 0 Å². The summed E-state index contributed by atoms with van der Waals surface area (Å²) in [6.45, 7) is 3.02. The molecule has 5 heteroatoms. The second-order valence-corrected chi connectivity index (χ2v) is 6.91. The molecule has 0 bridgehead atoms. The summed E-state index contributed by atoms with van der Waals surface area (Å²) < 4.78 is 5.95. The van der Waals surface area contributed by atoms with Gasteiger partial charge in [-0.15, -0.1) is 0 Å². The number of hydrogen-bond donors (Lipinski definition) is 2. The highest BCUT2D eigenvalue weighted by molar-refractivity contribution is 8.00. The van der Waals surface area contributed by atoms with Crippen molar-refractivity contribution in [2.45, 2.75) is 49.4 Å². The van der Waals surface area contributed by atoms with Gasteiger partial charge in [0.25, 0.3) is 0 Å². The van der Waals surface area contributed by atoms with E-state index in [9.17, 15) is 4.79 Å². The van der Waals surface area contributed by atoms with Crippen LogP contribution in [0.2, 0.25) is 0 Å². The van der Waals surface area contributed by atoms with Crippen molar-refractivity contribution in [2.24, 2.45) is 0 Å². The minimum absolute atomic E-state index is 0.0406. The third kappa shape index (κ3) is 4.65. The summed E-state index contributed by atoms with van der Waals surface area (Å²) in [4.78, 5) is 11.8. The minimum atomic E-state index is 0.0406. The molecule has 2 rings (SSSR count). The molecule has 2 N–H and O–H groups in total. The first-order valence-electron chi connectivity index (χ1n) is 7.38. The summed E-state index contributed by atoms with van der Waals surface area (Å²) in [6.07, 6.45) is 9.48. The first kappa shape index (κ1) is 15.1. The van der Waals surface area contributed by atoms with E-state index in [0.717, 1.165) is 32.5 Å². The molecule has 0 aromatic heterocycles. The van der Waals surface area contributed by atoms with Crippen LogP contribution in [0.3, 0.4) is 0 Å². The van der Waals surface area contributed by atoms with E-state index in [2.05, 4.69) is 16.9 Å². The fraction of sp³-hybridized carbons (Fsp3) is 0.929. The van der Waals surface area contributed by atoms with Crippen LogP contribution in [0, 0.1) is 0 Å². The molecule has 0 aromatic rings. The SMILES string of the molecule is CSC1(CNC(=O)COC2CCNCC2)CCCC1. The third-order valence-corrected chi connectivity index (χ3v) is 5.71. The summed E-state index contributed by atoms with van der Waals surface area (Å²) in [5.41, 5.74) is 0. The lowest BCUT2D eigenvalue weighted by Gasteiger charge is -2.27. The number of thioether (sulfide) groups is 1. The summed E-state index contributed by atoms with van der Waals surface area (Å²) in [5, 5.41) is 6.35. The molecule has 1 saturated heterocycles. The number of hydrogen-bond acceptors (Lipinski definition) is 4. The standard InChI is InChI=1S/C14H26N2O2S/c1-19-14(6-2-3-7-14)11-16-13(17)10-18-12-4-8-15-9-5-12/h12,15H,2-11H2,1H3,(H,16,17). The maximum absolute atomic E-state index is 11.8. The van der Waals surface area contributed by atoms with Gasteiger partial charge in [0.1, 0.15) is 6.61 Å². The van der Waals surface area contributed by atoms with E-state index in [1.165, 1.54) is 25.7 Å². The Hall–Kier alpha value is -0.260. The second-order valence-electron chi connectivity index (χ2n) is 5.63. The lowest BCUT2D eigenvalue weighted by molar-refractivity contribution is -0.128. The second kappa shape index (κ2) is 7.50. The van der Waals surface area contributed by atoms with E-state index in [0.29, 0.717) is 0 Å². The Labute approximate surface area is 120 Å². The summed E-state index contributed by atoms with van der Waals surface area (Å²) >= 11 is 1.90. The predicted octanol–water partition coefficient (Wildman–Crippen LogP) is 1.55. The Morgan fingerprint density at radius 1 is 1.37 bits per heavy atom. The van der Waals surface area contributed by atoms with E-state index in [-0.39, 0.29) is 23.4 Å².